The summed E-state index contributed by atoms with van der Waals surface area (Å²) in [6.45, 7) is 0.216. The van der Waals surface area contributed by atoms with Crippen molar-refractivity contribution in [3.63, 3.8) is 0 Å². The van der Waals surface area contributed by atoms with E-state index in [1.807, 2.05) is 23.5 Å². The van der Waals surface area contributed by atoms with Gasteiger partial charge in [0, 0.05) is 61.8 Å². The van der Waals surface area contributed by atoms with E-state index in [1.165, 1.54) is 12.1 Å². The Morgan fingerprint density at radius 1 is 1.14 bits per heavy atom. The van der Waals surface area contributed by atoms with Crippen LogP contribution in [0.25, 0.3) is 16.9 Å². The predicted molar refractivity (Wildman–Crippen MR) is 153 cm³/mol. The van der Waals surface area contributed by atoms with Crippen molar-refractivity contribution in [2.24, 2.45) is 5.92 Å². The molecule has 1 saturated heterocycles. The van der Waals surface area contributed by atoms with Gasteiger partial charge in [0.25, 0.3) is 5.91 Å². The molecule has 0 aliphatic carbocycles. The third kappa shape index (κ3) is 6.18. The number of carbonyl (C=O) groups is 2. The first-order valence-corrected chi connectivity index (χ1v) is 13.6. The van der Waals surface area contributed by atoms with E-state index in [2.05, 4.69) is 20.0 Å². The van der Waals surface area contributed by atoms with Crippen molar-refractivity contribution in [3.05, 3.63) is 72.2 Å². The average Bonchev–Trinajstić information content (AvgIpc) is 3.42. The number of benzene rings is 2. The summed E-state index contributed by atoms with van der Waals surface area (Å²) in [4.78, 5) is 38.1. The van der Waals surface area contributed by atoms with Crippen LogP contribution in [0.1, 0.15) is 28.8 Å². The zero-order chi connectivity index (χ0) is 29.8. The van der Waals surface area contributed by atoms with Crippen LogP contribution < -0.4 is 10.1 Å². The molecule has 2 aromatic carbocycles. The highest BCUT2D eigenvalue weighted by molar-refractivity contribution is 5.96. The zero-order valence-electron chi connectivity index (χ0n) is 23.3. The molecule has 220 valence electrons. The fourth-order valence-corrected chi connectivity index (χ4v) is 5.22. The molecule has 0 bridgehead atoms. The average molecular weight is 579 g/mol. The van der Waals surface area contributed by atoms with Crippen molar-refractivity contribution in [3.8, 4) is 17.0 Å². The molecule has 0 saturated carbocycles. The Labute approximate surface area is 241 Å². The summed E-state index contributed by atoms with van der Waals surface area (Å²) >= 11 is 0. The molecule has 42 heavy (non-hydrogen) atoms. The number of halogens is 2. The van der Waals surface area contributed by atoms with Crippen molar-refractivity contribution >= 4 is 29.0 Å². The number of piperidine rings is 1. The summed E-state index contributed by atoms with van der Waals surface area (Å²) in [5, 5.41) is 12.4. The maximum atomic E-state index is 13.3. The quantitative estimate of drug-likeness (QED) is 0.304. The molecule has 2 aromatic heterocycles. The van der Waals surface area contributed by atoms with Gasteiger partial charge in [0.2, 0.25) is 5.91 Å². The van der Waals surface area contributed by atoms with E-state index < -0.39 is 6.61 Å². The number of aliphatic hydroxyl groups is 1. The largest absolute Gasteiger partial charge is 0.435 e. The number of rotatable bonds is 9. The molecule has 2 N–H and O–H groups in total. The summed E-state index contributed by atoms with van der Waals surface area (Å²) in [6.07, 6.45) is 6.26. The van der Waals surface area contributed by atoms with Crippen LogP contribution in [0.5, 0.6) is 5.75 Å². The third-order valence-electron chi connectivity index (χ3n) is 7.47. The number of aryl methyl sites for hydroxylation is 1. The number of nitrogens with one attached hydrogen (secondary N) is 1. The molecule has 12 heteroatoms. The van der Waals surface area contributed by atoms with Crippen LogP contribution in [-0.4, -0.2) is 81.0 Å². The van der Waals surface area contributed by atoms with Gasteiger partial charge in [-0.05, 0) is 67.8 Å². The Hall–Kier alpha value is -4.58. The Morgan fingerprint density at radius 2 is 1.88 bits per heavy atom. The summed E-state index contributed by atoms with van der Waals surface area (Å²) in [5.74, 6) is 0.379. The lowest BCUT2D eigenvalue weighted by molar-refractivity contribution is -0.136. The van der Waals surface area contributed by atoms with Crippen molar-refractivity contribution < 1.29 is 28.2 Å². The third-order valence-corrected chi connectivity index (χ3v) is 7.47. The molecule has 1 aliphatic heterocycles. The van der Waals surface area contributed by atoms with E-state index in [9.17, 15) is 18.4 Å². The van der Waals surface area contributed by atoms with Crippen LogP contribution in [-0.2, 0) is 4.79 Å². The minimum absolute atomic E-state index is 0.00773. The molecule has 3 heterocycles. The summed E-state index contributed by atoms with van der Waals surface area (Å²) in [6, 6.07) is 11.8. The van der Waals surface area contributed by atoms with Crippen molar-refractivity contribution in [1.29, 1.82) is 0 Å². The van der Waals surface area contributed by atoms with Gasteiger partial charge in [0.15, 0.2) is 11.5 Å². The number of imidazole rings is 1. The highest BCUT2D eigenvalue weighted by atomic mass is 19.3. The lowest BCUT2D eigenvalue weighted by Gasteiger charge is -2.33. The maximum absolute atomic E-state index is 13.3. The standard InChI is InChI=1S/C30H32F2N6O4/c1-19-17-22(5-8-24(19)29(41)37-12-9-21(10-13-37)28(40)36(2)15-16-39)35-26-27-34-18-25(38(27)14-11-33-26)20-3-6-23(7-4-20)42-30(31)32/h3-8,11,14,17-18,21,30,39H,9-10,12-13,15-16H2,1-2H3,(H,33,35). The van der Waals surface area contributed by atoms with Gasteiger partial charge in [-0.25, -0.2) is 9.97 Å². The lowest BCUT2D eigenvalue weighted by Crippen LogP contribution is -2.44. The molecule has 1 fully saturated rings. The number of carbonyl (C=O) groups excluding carboxylic acids is 2. The molecule has 0 atom stereocenters. The predicted octanol–water partition coefficient (Wildman–Crippen LogP) is 4.35. The number of nitrogens with zero attached hydrogens (tertiary/aromatic N) is 5. The monoisotopic (exact) mass is 578 g/mol. The SMILES string of the molecule is Cc1cc(Nc2nccn3c(-c4ccc(OC(F)F)cc4)cnc23)ccc1C(=O)N1CCC(C(=O)N(C)CCO)CC1. The molecule has 1 aliphatic rings. The van der Waals surface area contributed by atoms with Crippen LogP contribution in [0.15, 0.2) is 61.1 Å². The number of aliphatic hydroxyl groups excluding tert-OH is 1. The Kier molecular flexibility index (Phi) is 8.62. The second-order valence-corrected chi connectivity index (χ2v) is 10.2. The number of likely N-dealkylation sites (N-methyl/N-ethyl adjacent to an activating group) is 1. The lowest BCUT2D eigenvalue weighted by atomic mass is 9.94. The maximum Gasteiger partial charge on any atom is 0.387 e. The number of aromatic nitrogens is 3. The molecular formula is C30H32F2N6O4. The highest BCUT2D eigenvalue weighted by Gasteiger charge is 2.30. The minimum Gasteiger partial charge on any atom is -0.435 e. The first-order chi connectivity index (χ1) is 20.2. The second kappa shape index (κ2) is 12.5. The van der Waals surface area contributed by atoms with Gasteiger partial charge in [0.05, 0.1) is 18.5 Å². The molecule has 2 amide bonds. The van der Waals surface area contributed by atoms with Crippen LogP contribution in [0, 0.1) is 12.8 Å². The van der Waals surface area contributed by atoms with E-state index in [-0.39, 0.29) is 30.1 Å². The van der Waals surface area contributed by atoms with Gasteiger partial charge >= 0.3 is 6.61 Å². The van der Waals surface area contributed by atoms with E-state index in [0.29, 0.717) is 49.5 Å². The second-order valence-electron chi connectivity index (χ2n) is 10.2. The normalized spacial score (nSPS) is 13.9. The van der Waals surface area contributed by atoms with Crippen LogP contribution in [0.3, 0.4) is 0 Å². The number of anilines is 2. The number of fused-ring (bicyclic) bond motifs is 1. The number of alkyl halides is 2. The number of hydrogen-bond donors (Lipinski definition) is 2. The van der Waals surface area contributed by atoms with Gasteiger partial charge < -0.3 is 25.0 Å². The van der Waals surface area contributed by atoms with E-state index in [4.69, 9.17) is 5.11 Å². The molecule has 0 spiro atoms. The van der Waals surface area contributed by atoms with Gasteiger partial charge in [0.1, 0.15) is 5.75 Å². The molecule has 0 radical (unpaired) electrons. The topological polar surface area (TPSA) is 112 Å². The van der Waals surface area contributed by atoms with E-state index in [0.717, 1.165) is 22.5 Å². The van der Waals surface area contributed by atoms with Gasteiger partial charge in [-0.2, -0.15) is 8.78 Å². The molecule has 10 nitrogen and oxygen atoms in total. The molecule has 0 unspecified atom stereocenters. The summed E-state index contributed by atoms with van der Waals surface area (Å²) in [5.41, 5.74) is 4.22. The van der Waals surface area contributed by atoms with Gasteiger partial charge in [-0.1, -0.05) is 0 Å². The first-order valence-electron chi connectivity index (χ1n) is 13.6. The zero-order valence-corrected chi connectivity index (χ0v) is 23.3. The van der Waals surface area contributed by atoms with Crippen molar-refractivity contribution in [2.45, 2.75) is 26.4 Å². The number of likely N-dealkylation sites (tertiary alicyclic amines) is 1. The van der Waals surface area contributed by atoms with Crippen LogP contribution >= 0.6 is 0 Å². The smallest absolute Gasteiger partial charge is 0.387 e. The van der Waals surface area contributed by atoms with Crippen LogP contribution in [0.4, 0.5) is 20.3 Å². The fraction of sp³-hybridized carbons (Fsp3) is 0.333. The Balaban J connectivity index is 1.27. The molecule has 5 rings (SSSR count). The molecule has 4 aromatic rings. The van der Waals surface area contributed by atoms with E-state index >= 15 is 0 Å². The highest BCUT2D eigenvalue weighted by Crippen LogP contribution is 2.28. The summed E-state index contributed by atoms with van der Waals surface area (Å²) < 4.78 is 31.3. The number of ether oxygens (including phenoxy) is 1. The van der Waals surface area contributed by atoms with Gasteiger partial charge in [-0.3, -0.25) is 14.0 Å². The molecular weight excluding hydrogens is 546 g/mol. The van der Waals surface area contributed by atoms with Crippen molar-refractivity contribution in [2.75, 3.05) is 38.6 Å². The van der Waals surface area contributed by atoms with Crippen molar-refractivity contribution in [1.82, 2.24) is 24.2 Å². The number of hydrogen-bond acceptors (Lipinski definition) is 7. The van der Waals surface area contributed by atoms with Crippen LogP contribution in [0.2, 0.25) is 0 Å². The van der Waals surface area contributed by atoms with E-state index in [1.54, 1.807) is 53.6 Å². The van der Waals surface area contributed by atoms with Gasteiger partial charge in [-0.15, -0.1) is 0 Å². The fourth-order valence-electron chi connectivity index (χ4n) is 5.22. The summed E-state index contributed by atoms with van der Waals surface area (Å²) in [7, 11) is 1.69. The Bertz CT molecular complexity index is 1570. The first kappa shape index (κ1) is 28.9. The minimum atomic E-state index is -2.89. The Morgan fingerprint density at radius 3 is 2.55 bits per heavy atom. The number of amides is 2.